The largest absolute Gasteiger partial charge is 0.456 e. The molecule has 0 amide bonds. The van der Waals surface area contributed by atoms with Crippen LogP contribution < -0.4 is 0 Å². The fraction of sp³-hybridized carbons (Fsp3) is 0.0909. The average Bonchev–Trinajstić information content (AvgIpc) is 3.50. The highest BCUT2D eigenvalue weighted by atomic mass is 16.3. The van der Waals surface area contributed by atoms with Crippen LogP contribution >= 0.6 is 0 Å². The van der Waals surface area contributed by atoms with E-state index in [2.05, 4.69) is 98.8 Å². The summed E-state index contributed by atoms with van der Waals surface area (Å²) in [5.74, 6) is 0. The molecule has 35 heavy (non-hydrogen) atoms. The van der Waals surface area contributed by atoms with E-state index in [-0.39, 0.29) is 5.41 Å². The van der Waals surface area contributed by atoms with E-state index in [0.717, 1.165) is 55.0 Å². The Balaban J connectivity index is 1.34. The molecule has 7 aromatic rings. The highest BCUT2D eigenvalue weighted by Gasteiger charge is 2.35. The molecule has 0 N–H and O–H groups in total. The van der Waals surface area contributed by atoms with Gasteiger partial charge in [0.25, 0.3) is 0 Å². The molecule has 2 heteroatoms. The first kappa shape index (κ1) is 19.1. The highest BCUT2D eigenvalue weighted by Crippen LogP contribution is 2.50. The highest BCUT2D eigenvalue weighted by molar-refractivity contribution is 6.10. The molecule has 0 saturated heterocycles. The van der Waals surface area contributed by atoms with Crippen molar-refractivity contribution in [3.8, 4) is 22.3 Å². The molecule has 1 aliphatic carbocycles. The Labute approximate surface area is 202 Å². The van der Waals surface area contributed by atoms with Crippen LogP contribution in [0.4, 0.5) is 0 Å². The van der Waals surface area contributed by atoms with Crippen molar-refractivity contribution in [3.63, 3.8) is 0 Å². The third kappa shape index (κ3) is 2.49. The summed E-state index contributed by atoms with van der Waals surface area (Å²) < 4.78 is 12.5. The smallest absolute Gasteiger partial charge is 0.136 e. The maximum atomic E-state index is 6.35. The molecule has 0 bridgehead atoms. The molecule has 1 aliphatic rings. The molecule has 8 rings (SSSR count). The number of hydrogen-bond donors (Lipinski definition) is 0. The first-order valence-corrected chi connectivity index (χ1v) is 12.1. The molecule has 0 saturated carbocycles. The van der Waals surface area contributed by atoms with Gasteiger partial charge in [0.05, 0.1) is 0 Å². The second kappa shape index (κ2) is 6.43. The van der Waals surface area contributed by atoms with Crippen LogP contribution in [0.5, 0.6) is 0 Å². The SMILES string of the molecule is CC1(C)c2ccccc2-c2cc3c(cc21)oc1ccc(-c2ccc4c(c2)oc2ccccc24)cc13. The summed E-state index contributed by atoms with van der Waals surface area (Å²) in [4.78, 5) is 0. The Morgan fingerprint density at radius 1 is 0.457 bits per heavy atom. The van der Waals surface area contributed by atoms with E-state index in [0.29, 0.717) is 0 Å². The third-order valence-corrected chi connectivity index (χ3v) is 7.89. The van der Waals surface area contributed by atoms with E-state index in [9.17, 15) is 0 Å². The van der Waals surface area contributed by atoms with Crippen LogP contribution in [0.1, 0.15) is 25.0 Å². The summed E-state index contributed by atoms with van der Waals surface area (Å²) in [6.45, 7) is 4.61. The van der Waals surface area contributed by atoms with Crippen LogP contribution in [0, 0.1) is 0 Å². The summed E-state index contributed by atoms with van der Waals surface area (Å²) in [6.07, 6.45) is 0. The summed E-state index contributed by atoms with van der Waals surface area (Å²) in [5, 5.41) is 4.61. The summed E-state index contributed by atoms with van der Waals surface area (Å²) in [6, 6.07) is 34.5. The minimum atomic E-state index is -0.0355. The van der Waals surface area contributed by atoms with Crippen molar-refractivity contribution in [2.24, 2.45) is 0 Å². The molecule has 0 unspecified atom stereocenters. The average molecular weight is 451 g/mol. The molecule has 0 radical (unpaired) electrons. The maximum absolute atomic E-state index is 6.35. The van der Waals surface area contributed by atoms with Crippen LogP contribution in [0.25, 0.3) is 66.1 Å². The first-order chi connectivity index (χ1) is 17.1. The summed E-state index contributed by atoms with van der Waals surface area (Å²) >= 11 is 0. The van der Waals surface area contributed by atoms with Crippen molar-refractivity contribution >= 4 is 43.9 Å². The Bertz CT molecular complexity index is 1980. The third-order valence-electron chi connectivity index (χ3n) is 7.89. The van der Waals surface area contributed by atoms with Gasteiger partial charge in [-0.05, 0) is 75.8 Å². The molecule has 0 spiro atoms. The van der Waals surface area contributed by atoms with Gasteiger partial charge in [-0.2, -0.15) is 0 Å². The number of furan rings is 2. The van der Waals surface area contributed by atoms with Gasteiger partial charge in [0, 0.05) is 27.0 Å². The lowest BCUT2D eigenvalue weighted by atomic mass is 9.82. The summed E-state index contributed by atoms with van der Waals surface area (Å²) in [7, 11) is 0. The lowest BCUT2D eigenvalue weighted by Gasteiger charge is -2.21. The number of rotatable bonds is 1. The zero-order valence-corrected chi connectivity index (χ0v) is 19.6. The lowest BCUT2D eigenvalue weighted by Crippen LogP contribution is -2.14. The fourth-order valence-corrected chi connectivity index (χ4v) is 6.06. The van der Waals surface area contributed by atoms with Crippen LogP contribution in [0.15, 0.2) is 106 Å². The second-order valence-electron chi connectivity index (χ2n) is 10.2. The molecule has 166 valence electrons. The van der Waals surface area contributed by atoms with Gasteiger partial charge < -0.3 is 8.83 Å². The van der Waals surface area contributed by atoms with Crippen molar-refractivity contribution in [2.45, 2.75) is 19.3 Å². The Morgan fingerprint density at radius 2 is 1.11 bits per heavy atom. The molecular formula is C33H22O2. The van der Waals surface area contributed by atoms with Crippen LogP contribution in [0.3, 0.4) is 0 Å². The van der Waals surface area contributed by atoms with Gasteiger partial charge in [-0.25, -0.2) is 0 Å². The van der Waals surface area contributed by atoms with Gasteiger partial charge in [0.2, 0.25) is 0 Å². The lowest BCUT2D eigenvalue weighted by molar-refractivity contribution is 0.647. The summed E-state index contributed by atoms with van der Waals surface area (Å²) in [5.41, 5.74) is 11.3. The van der Waals surface area contributed by atoms with E-state index in [1.165, 1.54) is 22.3 Å². The normalized spacial score (nSPS) is 14.2. The zero-order chi connectivity index (χ0) is 23.3. The van der Waals surface area contributed by atoms with Gasteiger partial charge in [0.1, 0.15) is 22.3 Å². The van der Waals surface area contributed by atoms with E-state index in [1.807, 2.05) is 12.1 Å². The molecule has 2 nitrogen and oxygen atoms in total. The van der Waals surface area contributed by atoms with Crippen molar-refractivity contribution in [3.05, 3.63) is 108 Å². The number of fused-ring (bicyclic) bond motifs is 9. The number of benzene rings is 5. The minimum Gasteiger partial charge on any atom is -0.456 e. The van der Waals surface area contributed by atoms with E-state index in [4.69, 9.17) is 8.83 Å². The Morgan fingerprint density at radius 3 is 2.03 bits per heavy atom. The van der Waals surface area contributed by atoms with E-state index in [1.54, 1.807) is 0 Å². The second-order valence-corrected chi connectivity index (χ2v) is 10.2. The standard InChI is InChI=1S/C33H22O2/c1-33(2)27-9-5-3-7-21(27)24-17-26-25-15-19(12-14-30(25)35-32(26)18-28(24)33)20-11-13-23-22-8-4-6-10-29(22)34-31(23)16-20/h3-18H,1-2H3. The minimum absolute atomic E-state index is 0.0355. The van der Waals surface area contributed by atoms with E-state index >= 15 is 0 Å². The monoisotopic (exact) mass is 450 g/mol. The molecule has 2 heterocycles. The van der Waals surface area contributed by atoms with Crippen molar-refractivity contribution < 1.29 is 8.83 Å². The molecule has 5 aromatic carbocycles. The molecule has 2 aromatic heterocycles. The molecule has 0 atom stereocenters. The van der Waals surface area contributed by atoms with Gasteiger partial charge in [-0.3, -0.25) is 0 Å². The topological polar surface area (TPSA) is 26.3 Å². The Hall–Kier alpha value is -4.30. The predicted molar refractivity (Wildman–Crippen MR) is 144 cm³/mol. The van der Waals surface area contributed by atoms with Crippen LogP contribution in [-0.2, 0) is 5.41 Å². The maximum Gasteiger partial charge on any atom is 0.136 e. The van der Waals surface area contributed by atoms with Gasteiger partial charge in [0.15, 0.2) is 0 Å². The van der Waals surface area contributed by atoms with Crippen molar-refractivity contribution in [1.82, 2.24) is 0 Å². The zero-order valence-electron chi connectivity index (χ0n) is 19.6. The van der Waals surface area contributed by atoms with Crippen LogP contribution in [-0.4, -0.2) is 0 Å². The quantitative estimate of drug-likeness (QED) is 0.249. The van der Waals surface area contributed by atoms with E-state index < -0.39 is 0 Å². The first-order valence-electron chi connectivity index (χ1n) is 12.1. The predicted octanol–water partition coefficient (Wildman–Crippen LogP) is 9.46. The van der Waals surface area contributed by atoms with Gasteiger partial charge >= 0.3 is 0 Å². The van der Waals surface area contributed by atoms with Crippen molar-refractivity contribution in [2.75, 3.05) is 0 Å². The Kier molecular flexibility index (Phi) is 3.50. The van der Waals surface area contributed by atoms with Gasteiger partial charge in [-0.1, -0.05) is 68.4 Å². The fourth-order valence-electron chi connectivity index (χ4n) is 6.06. The van der Waals surface area contributed by atoms with Crippen LogP contribution in [0.2, 0.25) is 0 Å². The molecule has 0 fully saturated rings. The van der Waals surface area contributed by atoms with Gasteiger partial charge in [-0.15, -0.1) is 0 Å². The molecule has 0 aliphatic heterocycles. The number of hydrogen-bond acceptors (Lipinski definition) is 2. The molecular weight excluding hydrogens is 428 g/mol. The van der Waals surface area contributed by atoms with Crippen molar-refractivity contribution in [1.29, 1.82) is 0 Å². The number of para-hydroxylation sites is 1.